The SMILES string of the molecule is Cc1ccc(CNC(=O)c2c(Cl)cnn2C)c(C)c1. The Morgan fingerprint density at radius 2 is 2.16 bits per heavy atom. The van der Waals surface area contributed by atoms with E-state index in [1.807, 2.05) is 26.0 Å². The van der Waals surface area contributed by atoms with Crippen LogP contribution < -0.4 is 5.32 Å². The van der Waals surface area contributed by atoms with Crippen molar-refractivity contribution >= 4 is 17.5 Å². The van der Waals surface area contributed by atoms with Gasteiger partial charge in [-0.15, -0.1) is 0 Å². The molecule has 0 aliphatic rings. The van der Waals surface area contributed by atoms with E-state index < -0.39 is 0 Å². The fourth-order valence-electron chi connectivity index (χ4n) is 1.97. The summed E-state index contributed by atoms with van der Waals surface area (Å²) in [5.41, 5.74) is 3.85. The Morgan fingerprint density at radius 3 is 2.74 bits per heavy atom. The zero-order chi connectivity index (χ0) is 14.0. The molecule has 1 heterocycles. The van der Waals surface area contributed by atoms with E-state index in [1.165, 1.54) is 16.4 Å². The summed E-state index contributed by atoms with van der Waals surface area (Å²) in [5.74, 6) is -0.218. The number of aryl methyl sites for hydroxylation is 3. The van der Waals surface area contributed by atoms with Crippen molar-refractivity contribution in [1.29, 1.82) is 0 Å². The van der Waals surface area contributed by atoms with E-state index in [0.717, 1.165) is 11.1 Å². The lowest BCUT2D eigenvalue weighted by Crippen LogP contribution is -2.25. The van der Waals surface area contributed by atoms with Crippen LogP contribution in [0.1, 0.15) is 27.2 Å². The molecule has 1 aromatic carbocycles. The van der Waals surface area contributed by atoms with Crippen molar-refractivity contribution in [2.75, 3.05) is 0 Å². The van der Waals surface area contributed by atoms with Gasteiger partial charge in [0.05, 0.1) is 11.2 Å². The third-order valence-electron chi connectivity index (χ3n) is 3.05. The molecular weight excluding hydrogens is 262 g/mol. The van der Waals surface area contributed by atoms with Gasteiger partial charge < -0.3 is 5.32 Å². The first-order valence-corrected chi connectivity index (χ1v) is 6.38. The molecule has 4 nitrogen and oxygen atoms in total. The van der Waals surface area contributed by atoms with Crippen LogP contribution in [0.4, 0.5) is 0 Å². The van der Waals surface area contributed by atoms with Gasteiger partial charge in [0.1, 0.15) is 5.69 Å². The maximum absolute atomic E-state index is 12.0. The van der Waals surface area contributed by atoms with Gasteiger partial charge in [-0.1, -0.05) is 35.4 Å². The zero-order valence-electron chi connectivity index (χ0n) is 11.2. The van der Waals surface area contributed by atoms with Gasteiger partial charge in [-0.2, -0.15) is 5.10 Å². The van der Waals surface area contributed by atoms with Gasteiger partial charge in [0.2, 0.25) is 0 Å². The molecule has 0 saturated carbocycles. The number of nitrogens with zero attached hydrogens (tertiary/aromatic N) is 2. The predicted octanol–water partition coefficient (Wildman–Crippen LogP) is 2.62. The number of rotatable bonds is 3. The maximum Gasteiger partial charge on any atom is 0.271 e. The number of benzene rings is 1. The molecule has 0 radical (unpaired) electrons. The Bertz CT molecular complexity index is 600. The minimum Gasteiger partial charge on any atom is -0.347 e. The topological polar surface area (TPSA) is 46.9 Å². The summed E-state index contributed by atoms with van der Waals surface area (Å²) in [6.07, 6.45) is 1.47. The molecule has 19 heavy (non-hydrogen) atoms. The van der Waals surface area contributed by atoms with Crippen molar-refractivity contribution in [1.82, 2.24) is 15.1 Å². The molecule has 100 valence electrons. The quantitative estimate of drug-likeness (QED) is 0.937. The van der Waals surface area contributed by atoms with Gasteiger partial charge >= 0.3 is 0 Å². The van der Waals surface area contributed by atoms with Crippen LogP contribution in [0.3, 0.4) is 0 Å². The van der Waals surface area contributed by atoms with Crippen molar-refractivity contribution in [2.45, 2.75) is 20.4 Å². The Balaban J connectivity index is 2.09. The number of nitrogens with one attached hydrogen (secondary N) is 1. The molecule has 0 aliphatic heterocycles. The van der Waals surface area contributed by atoms with Crippen LogP contribution in [0.15, 0.2) is 24.4 Å². The highest BCUT2D eigenvalue weighted by atomic mass is 35.5. The van der Waals surface area contributed by atoms with E-state index in [-0.39, 0.29) is 5.91 Å². The summed E-state index contributed by atoms with van der Waals surface area (Å²) in [5, 5.41) is 7.17. The van der Waals surface area contributed by atoms with Crippen molar-refractivity contribution in [3.8, 4) is 0 Å². The molecular formula is C14H16ClN3O. The summed E-state index contributed by atoms with van der Waals surface area (Å²) in [6, 6.07) is 6.15. The molecule has 1 N–H and O–H groups in total. The standard InChI is InChI=1S/C14H16ClN3O/c1-9-4-5-11(10(2)6-9)7-16-14(19)13-12(15)8-17-18(13)3/h4-6,8H,7H2,1-3H3,(H,16,19). The average molecular weight is 278 g/mol. The fourth-order valence-corrected chi connectivity index (χ4v) is 2.22. The molecule has 0 atom stereocenters. The van der Waals surface area contributed by atoms with Crippen LogP contribution in [0.2, 0.25) is 5.02 Å². The van der Waals surface area contributed by atoms with E-state index >= 15 is 0 Å². The van der Waals surface area contributed by atoms with Crippen molar-refractivity contribution in [3.63, 3.8) is 0 Å². The number of carbonyl (C=O) groups excluding carboxylic acids is 1. The Morgan fingerprint density at radius 1 is 1.42 bits per heavy atom. The van der Waals surface area contributed by atoms with Crippen LogP contribution in [0.5, 0.6) is 0 Å². The van der Waals surface area contributed by atoms with Gasteiger partial charge in [0.25, 0.3) is 5.91 Å². The minimum absolute atomic E-state index is 0.218. The zero-order valence-corrected chi connectivity index (χ0v) is 12.0. The van der Waals surface area contributed by atoms with Crippen LogP contribution in [-0.2, 0) is 13.6 Å². The first-order valence-electron chi connectivity index (χ1n) is 6.01. The largest absolute Gasteiger partial charge is 0.347 e. The van der Waals surface area contributed by atoms with Gasteiger partial charge in [-0.3, -0.25) is 9.48 Å². The normalized spacial score (nSPS) is 10.5. The summed E-state index contributed by atoms with van der Waals surface area (Å²) in [4.78, 5) is 12.0. The number of carbonyl (C=O) groups is 1. The highest BCUT2D eigenvalue weighted by molar-refractivity contribution is 6.33. The number of hydrogen-bond donors (Lipinski definition) is 1. The van der Waals surface area contributed by atoms with Crippen LogP contribution in [-0.4, -0.2) is 15.7 Å². The molecule has 0 bridgehead atoms. The number of amides is 1. The molecule has 1 amide bonds. The molecule has 1 aromatic heterocycles. The Hall–Kier alpha value is -1.81. The van der Waals surface area contributed by atoms with Gasteiger partial charge in [-0.05, 0) is 25.0 Å². The number of halogens is 1. The monoisotopic (exact) mass is 277 g/mol. The third-order valence-corrected chi connectivity index (χ3v) is 3.32. The van der Waals surface area contributed by atoms with E-state index in [1.54, 1.807) is 7.05 Å². The van der Waals surface area contributed by atoms with E-state index in [2.05, 4.69) is 16.5 Å². The molecule has 2 rings (SSSR count). The maximum atomic E-state index is 12.0. The summed E-state index contributed by atoms with van der Waals surface area (Å²) in [6.45, 7) is 4.56. The van der Waals surface area contributed by atoms with E-state index in [0.29, 0.717) is 17.3 Å². The second-order valence-electron chi connectivity index (χ2n) is 4.58. The number of aromatic nitrogens is 2. The van der Waals surface area contributed by atoms with Crippen LogP contribution >= 0.6 is 11.6 Å². The van der Waals surface area contributed by atoms with Crippen molar-refractivity contribution in [2.24, 2.45) is 7.05 Å². The molecule has 0 aliphatic carbocycles. The Labute approximate surface area is 117 Å². The lowest BCUT2D eigenvalue weighted by molar-refractivity contribution is 0.0941. The first-order chi connectivity index (χ1) is 8.99. The Kier molecular flexibility index (Phi) is 3.90. The smallest absolute Gasteiger partial charge is 0.271 e. The third kappa shape index (κ3) is 2.96. The summed E-state index contributed by atoms with van der Waals surface area (Å²) >= 11 is 5.93. The lowest BCUT2D eigenvalue weighted by Gasteiger charge is -2.09. The highest BCUT2D eigenvalue weighted by Crippen LogP contribution is 2.14. The minimum atomic E-state index is -0.218. The lowest BCUT2D eigenvalue weighted by atomic mass is 10.1. The van der Waals surface area contributed by atoms with Gasteiger partial charge in [0, 0.05) is 13.6 Å². The van der Waals surface area contributed by atoms with E-state index in [4.69, 9.17) is 11.6 Å². The first kappa shape index (κ1) is 13.6. The number of hydrogen-bond acceptors (Lipinski definition) is 2. The molecule has 0 saturated heterocycles. The second kappa shape index (κ2) is 5.45. The molecule has 2 aromatic rings. The van der Waals surface area contributed by atoms with Crippen LogP contribution in [0, 0.1) is 13.8 Å². The van der Waals surface area contributed by atoms with E-state index in [9.17, 15) is 4.79 Å². The van der Waals surface area contributed by atoms with Crippen molar-refractivity contribution < 1.29 is 4.79 Å². The van der Waals surface area contributed by atoms with Gasteiger partial charge in [-0.25, -0.2) is 0 Å². The predicted molar refractivity (Wildman–Crippen MR) is 75.3 cm³/mol. The molecule has 0 fully saturated rings. The molecule has 0 unspecified atom stereocenters. The second-order valence-corrected chi connectivity index (χ2v) is 4.98. The fraction of sp³-hybridized carbons (Fsp3) is 0.286. The van der Waals surface area contributed by atoms with Crippen LogP contribution in [0.25, 0.3) is 0 Å². The van der Waals surface area contributed by atoms with Crippen molar-refractivity contribution in [3.05, 3.63) is 51.8 Å². The average Bonchev–Trinajstić information content (AvgIpc) is 2.68. The molecule has 5 heteroatoms. The highest BCUT2D eigenvalue weighted by Gasteiger charge is 2.15. The molecule has 0 spiro atoms. The van der Waals surface area contributed by atoms with Gasteiger partial charge in [0.15, 0.2) is 0 Å². The summed E-state index contributed by atoms with van der Waals surface area (Å²) < 4.78 is 1.47. The summed E-state index contributed by atoms with van der Waals surface area (Å²) in [7, 11) is 1.69.